The highest BCUT2D eigenvalue weighted by atomic mass is 32.1. The van der Waals surface area contributed by atoms with Gasteiger partial charge < -0.3 is 9.32 Å². The molecule has 0 aliphatic carbocycles. The summed E-state index contributed by atoms with van der Waals surface area (Å²) in [6.07, 6.45) is 0. The lowest BCUT2D eigenvalue weighted by molar-refractivity contribution is 0.669. The molecule has 0 aliphatic rings. The van der Waals surface area contributed by atoms with Gasteiger partial charge in [0.2, 0.25) is 0 Å². The van der Waals surface area contributed by atoms with Crippen LogP contribution < -0.4 is 4.90 Å². The maximum atomic E-state index is 6.47. The van der Waals surface area contributed by atoms with E-state index in [1.807, 2.05) is 23.5 Å². The van der Waals surface area contributed by atoms with Crippen molar-refractivity contribution in [2.45, 2.75) is 0 Å². The molecule has 9 aromatic carbocycles. The second-order valence-electron chi connectivity index (χ2n) is 14.1. The zero-order chi connectivity index (χ0) is 36.3. The fourth-order valence-corrected chi connectivity index (χ4v) is 9.59. The van der Waals surface area contributed by atoms with Crippen molar-refractivity contribution >= 4 is 81.3 Å². The van der Waals surface area contributed by atoms with Crippen molar-refractivity contribution in [3.8, 4) is 33.4 Å². The van der Waals surface area contributed by atoms with Gasteiger partial charge in [-0.05, 0) is 80.6 Å². The van der Waals surface area contributed by atoms with Gasteiger partial charge in [0, 0.05) is 43.7 Å². The Hall–Kier alpha value is -6.94. The standard InChI is InChI=1S/C52H33NOS/c1-2-12-34(13-3-1)35-26-28-37(29-27-35)43-21-10-22-46-47-23-11-24-48(52(47)55-51(43)46)53(40-30-31-45-44-19-6-7-25-49(44)54-50(45)33-40)39-17-8-16-38(32-39)42-20-9-15-36-14-4-5-18-41(36)42/h1-33H. The van der Waals surface area contributed by atoms with Crippen molar-refractivity contribution in [2.75, 3.05) is 4.90 Å². The highest BCUT2D eigenvalue weighted by Crippen LogP contribution is 2.48. The molecule has 11 aromatic rings. The van der Waals surface area contributed by atoms with E-state index in [0.717, 1.165) is 39.0 Å². The molecule has 0 amide bonds. The largest absolute Gasteiger partial charge is 0.456 e. The van der Waals surface area contributed by atoms with Gasteiger partial charge in [-0.15, -0.1) is 11.3 Å². The Morgan fingerprint density at radius 2 is 0.945 bits per heavy atom. The highest BCUT2D eigenvalue weighted by molar-refractivity contribution is 7.27. The van der Waals surface area contributed by atoms with E-state index in [-0.39, 0.29) is 0 Å². The Kier molecular flexibility index (Phi) is 7.39. The summed E-state index contributed by atoms with van der Waals surface area (Å²) in [7, 11) is 0. The van der Waals surface area contributed by atoms with Crippen molar-refractivity contribution in [3.63, 3.8) is 0 Å². The molecule has 2 nitrogen and oxygen atoms in total. The lowest BCUT2D eigenvalue weighted by atomic mass is 9.97. The number of fused-ring (bicyclic) bond motifs is 7. The Labute approximate surface area is 322 Å². The van der Waals surface area contributed by atoms with E-state index >= 15 is 0 Å². The van der Waals surface area contributed by atoms with Crippen LogP contribution in [0.4, 0.5) is 17.1 Å². The van der Waals surface area contributed by atoms with Crippen molar-refractivity contribution in [3.05, 3.63) is 200 Å². The maximum Gasteiger partial charge on any atom is 0.137 e. The zero-order valence-electron chi connectivity index (χ0n) is 29.8. The van der Waals surface area contributed by atoms with E-state index in [2.05, 4.69) is 193 Å². The molecule has 0 radical (unpaired) electrons. The van der Waals surface area contributed by atoms with Crippen molar-refractivity contribution in [1.29, 1.82) is 0 Å². The number of thiophene rings is 1. The quantitative estimate of drug-likeness (QED) is 0.170. The molecule has 0 aliphatic heterocycles. The first-order valence-electron chi connectivity index (χ1n) is 18.7. The second-order valence-corrected chi connectivity index (χ2v) is 15.1. The Morgan fingerprint density at radius 3 is 1.84 bits per heavy atom. The van der Waals surface area contributed by atoms with E-state index in [1.54, 1.807) is 0 Å². The van der Waals surface area contributed by atoms with E-state index in [1.165, 1.54) is 64.3 Å². The van der Waals surface area contributed by atoms with Crippen LogP contribution in [0.2, 0.25) is 0 Å². The van der Waals surface area contributed by atoms with Gasteiger partial charge in [-0.25, -0.2) is 0 Å². The van der Waals surface area contributed by atoms with Gasteiger partial charge in [-0.3, -0.25) is 0 Å². The van der Waals surface area contributed by atoms with E-state index in [9.17, 15) is 0 Å². The summed E-state index contributed by atoms with van der Waals surface area (Å²) in [5, 5.41) is 7.24. The Balaban J connectivity index is 1.11. The summed E-state index contributed by atoms with van der Waals surface area (Å²) in [5.74, 6) is 0. The number of hydrogen-bond acceptors (Lipinski definition) is 3. The Bertz CT molecular complexity index is 3200. The first kappa shape index (κ1) is 31.6. The maximum absolute atomic E-state index is 6.47. The minimum atomic E-state index is 0.874. The zero-order valence-corrected chi connectivity index (χ0v) is 30.6. The SMILES string of the molecule is c1ccc(-c2ccc(-c3cccc4c3sc3c(N(c5cccc(-c6cccc7ccccc67)c5)c5ccc6c(c5)oc5ccccc56)cccc34)cc2)cc1. The molecule has 55 heavy (non-hydrogen) atoms. The van der Waals surface area contributed by atoms with E-state index < -0.39 is 0 Å². The summed E-state index contributed by atoms with van der Waals surface area (Å²) in [6.45, 7) is 0. The molecule has 0 unspecified atom stereocenters. The van der Waals surface area contributed by atoms with Crippen LogP contribution in [0.25, 0.3) is 86.3 Å². The fourth-order valence-electron chi connectivity index (χ4n) is 8.25. The summed E-state index contributed by atoms with van der Waals surface area (Å²) < 4.78 is 9.00. The third-order valence-electron chi connectivity index (χ3n) is 10.9. The number of hydrogen-bond donors (Lipinski definition) is 0. The van der Waals surface area contributed by atoms with Crippen LogP contribution >= 0.6 is 11.3 Å². The molecule has 0 spiro atoms. The summed E-state index contributed by atoms with van der Waals surface area (Å²) >= 11 is 1.87. The fraction of sp³-hybridized carbons (Fsp3) is 0. The average Bonchev–Trinajstić information content (AvgIpc) is 3.83. The third kappa shape index (κ3) is 5.32. The summed E-state index contributed by atoms with van der Waals surface area (Å²) in [4.78, 5) is 2.41. The number of nitrogens with zero attached hydrogens (tertiary/aromatic N) is 1. The molecular weight excluding hydrogens is 687 g/mol. The van der Waals surface area contributed by atoms with Gasteiger partial charge in [-0.1, -0.05) is 158 Å². The number of rotatable bonds is 6. The summed E-state index contributed by atoms with van der Waals surface area (Å²) in [6, 6.07) is 72.1. The molecule has 0 saturated heterocycles. The average molecular weight is 720 g/mol. The molecule has 0 fully saturated rings. The Morgan fingerprint density at radius 1 is 0.345 bits per heavy atom. The molecule has 3 heteroatoms. The predicted molar refractivity (Wildman–Crippen MR) is 235 cm³/mol. The first-order chi connectivity index (χ1) is 27.3. The van der Waals surface area contributed by atoms with Gasteiger partial charge in [0.25, 0.3) is 0 Å². The van der Waals surface area contributed by atoms with Crippen LogP contribution in [0, 0.1) is 0 Å². The third-order valence-corrected chi connectivity index (χ3v) is 12.2. The number of para-hydroxylation sites is 1. The number of anilines is 3. The first-order valence-corrected chi connectivity index (χ1v) is 19.5. The topological polar surface area (TPSA) is 16.4 Å². The molecular formula is C52H33NOS. The van der Waals surface area contributed by atoms with Crippen molar-refractivity contribution < 1.29 is 4.42 Å². The minimum Gasteiger partial charge on any atom is -0.456 e. The van der Waals surface area contributed by atoms with Crippen molar-refractivity contribution in [1.82, 2.24) is 0 Å². The van der Waals surface area contributed by atoms with Crippen LogP contribution in [0.1, 0.15) is 0 Å². The van der Waals surface area contributed by atoms with E-state index in [4.69, 9.17) is 4.42 Å². The van der Waals surface area contributed by atoms with Gasteiger partial charge in [-0.2, -0.15) is 0 Å². The smallest absolute Gasteiger partial charge is 0.137 e. The highest BCUT2D eigenvalue weighted by Gasteiger charge is 2.21. The van der Waals surface area contributed by atoms with Gasteiger partial charge in [0.1, 0.15) is 11.2 Å². The lowest BCUT2D eigenvalue weighted by Crippen LogP contribution is -2.10. The van der Waals surface area contributed by atoms with Crippen molar-refractivity contribution in [2.24, 2.45) is 0 Å². The van der Waals surface area contributed by atoms with Crippen LogP contribution in [0.5, 0.6) is 0 Å². The molecule has 0 N–H and O–H groups in total. The van der Waals surface area contributed by atoms with Gasteiger partial charge >= 0.3 is 0 Å². The van der Waals surface area contributed by atoms with Gasteiger partial charge in [0.15, 0.2) is 0 Å². The lowest BCUT2D eigenvalue weighted by Gasteiger charge is -2.26. The van der Waals surface area contributed by atoms with Crippen LogP contribution in [0.15, 0.2) is 205 Å². The molecule has 0 saturated carbocycles. The second kappa shape index (κ2) is 12.9. The molecule has 0 bridgehead atoms. The van der Waals surface area contributed by atoms with Gasteiger partial charge in [0.05, 0.1) is 10.4 Å². The van der Waals surface area contributed by atoms with Crippen LogP contribution in [0.3, 0.4) is 0 Å². The summed E-state index contributed by atoms with van der Waals surface area (Å²) in [5.41, 5.74) is 12.3. The van der Waals surface area contributed by atoms with Crippen LogP contribution in [-0.2, 0) is 0 Å². The monoisotopic (exact) mass is 719 g/mol. The molecule has 2 heterocycles. The van der Waals surface area contributed by atoms with E-state index in [0.29, 0.717) is 0 Å². The normalized spacial score (nSPS) is 11.6. The molecule has 258 valence electrons. The predicted octanol–water partition coefficient (Wildman–Crippen LogP) is 15.6. The minimum absolute atomic E-state index is 0.874. The number of furan rings is 1. The molecule has 0 atom stereocenters. The molecule has 2 aromatic heterocycles. The molecule has 11 rings (SSSR count). The van der Waals surface area contributed by atoms with Crippen LogP contribution in [-0.4, -0.2) is 0 Å². The number of benzene rings is 9.